The molecule has 0 spiro atoms. The van der Waals surface area contributed by atoms with Crippen LogP contribution in [0, 0.1) is 0 Å². The van der Waals surface area contributed by atoms with Crippen LogP contribution in [0.25, 0.3) is 0 Å². The van der Waals surface area contributed by atoms with Crippen molar-refractivity contribution in [2.24, 2.45) is 0 Å². The Morgan fingerprint density at radius 2 is 1.30 bits per heavy atom. The third-order valence-corrected chi connectivity index (χ3v) is 4.11. The zero-order chi connectivity index (χ0) is 14.4. The second-order valence-electron chi connectivity index (χ2n) is 4.04. The first-order chi connectivity index (χ1) is 9.71. The smallest absolute Gasteiger partial charge is 0.308 e. The summed E-state index contributed by atoms with van der Waals surface area (Å²) >= 11 is 3.29. The molecule has 104 valence electrons. The van der Waals surface area contributed by atoms with Gasteiger partial charge in [0.25, 0.3) is 0 Å². The number of thioether (sulfide) groups is 2. The molecule has 0 bridgehead atoms. The molecule has 0 saturated heterocycles. The van der Waals surface area contributed by atoms with Crippen molar-refractivity contribution in [2.75, 3.05) is 23.1 Å². The highest BCUT2D eigenvalue weighted by Gasteiger charge is 2.03. The van der Waals surface area contributed by atoms with E-state index < -0.39 is 0 Å². The number of carbonyl (C=O) groups excluding carboxylic acids is 1. The summed E-state index contributed by atoms with van der Waals surface area (Å²) in [5.74, 6) is 0. The standard InChI is InChI=1S/C15H16N2OS2/c1-19-13-7-3-5-11(9-13)16-15(18)17-12-6-4-8-14(10-12)20-2/h3-10H,1-2H3,(H2,16,17,18). The van der Waals surface area contributed by atoms with Crippen LogP contribution in [0.15, 0.2) is 58.3 Å². The summed E-state index contributed by atoms with van der Waals surface area (Å²) in [7, 11) is 0. The third kappa shape index (κ3) is 4.21. The Morgan fingerprint density at radius 3 is 1.70 bits per heavy atom. The van der Waals surface area contributed by atoms with E-state index in [1.54, 1.807) is 23.5 Å². The van der Waals surface area contributed by atoms with Gasteiger partial charge in [-0.15, -0.1) is 23.5 Å². The van der Waals surface area contributed by atoms with Crippen LogP contribution in [0.2, 0.25) is 0 Å². The van der Waals surface area contributed by atoms with Crippen molar-refractivity contribution in [2.45, 2.75) is 9.79 Å². The van der Waals surface area contributed by atoms with Crippen LogP contribution in [0.5, 0.6) is 0 Å². The minimum atomic E-state index is -0.235. The van der Waals surface area contributed by atoms with E-state index in [2.05, 4.69) is 10.6 Å². The van der Waals surface area contributed by atoms with Gasteiger partial charge >= 0.3 is 6.03 Å². The van der Waals surface area contributed by atoms with Gasteiger partial charge in [-0.2, -0.15) is 0 Å². The molecule has 0 atom stereocenters. The van der Waals surface area contributed by atoms with Crippen LogP contribution in [-0.4, -0.2) is 18.5 Å². The fourth-order valence-corrected chi connectivity index (χ4v) is 2.61. The van der Waals surface area contributed by atoms with Gasteiger partial charge in [0.2, 0.25) is 0 Å². The summed E-state index contributed by atoms with van der Waals surface area (Å²) in [5.41, 5.74) is 1.57. The lowest BCUT2D eigenvalue weighted by molar-refractivity contribution is 0.262. The van der Waals surface area contributed by atoms with Crippen molar-refractivity contribution < 1.29 is 4.79 Å². The topological polar surface area (TPSA) is 41.1 Å². The predicted octanol–water partition coefficient (Wildman–Crippen LogP) is 4.77. The largest absolute Gasteiger partial charge is 0.323 e. The molecule has 0 aliphatic carbocycles. The van der Waals surface area contributed by atoms with Gasteiger partial charge in [0.15, 0.2) is 0 Å². The molecule has 0 saturated carbocycles. The van der Waals surface area contributed by atoms with Gasteiger partial charge in [0.05, 0.1) is 0 Å². The molecule has 2 N–H and O–H groups in total. The van der Waals surface area contributed by atoms with Crippen molar-refractivity contribution in [1.82, 2.24) is 0 Å². The van der Waals surface area contributed by atoms with Crippen LogP contribution in [0.1, 0.15) is 0 Å². The molecule has 0 fully saturated rings. The first-order valence-electron chi connectivity index (χ1n) is 6.07. The minimum Gasteiger partial charge on any atom is -0.308 e. The molecule has 0 aromatic heterocycles. The zero-order valence-corrected chi connectivity index (χ0v) is 13.0. The minimum absolute atomic E-state index is 0.235. The van der Waals surface area contributed by atoms with Crippen LogP contribution in [-0.2, 0) is 0 Å². The Bertz CT molecular complexity index is 550. The summed E-state index contributed by atoms with van der Waals surface area (Å²) in [4.78, 5) is 14.2. The maximum Gasteiger partial charge on any atom is 0.323 e. The molecule has 0 aliphatic rings. The number of hydrogen-bond acceptors (Lipinski definition) is 3. The number of amides is 2. The van der Waals surface area contributed by atoms with Gasteiger partial charge in [-0.25, -0.2) is 4.79 Å². The maximum absolute atomic E-state index is 11.9. The van der Waals surface area contributed by atoms with Crippen LogP contribution < -0.4 is 10.6 Å². The lowest BCUT2D eigenvalue weighted by atomic mass is 10.3. The monoisotopic (exact) mass is 304 g/mol. The highest BCUT2D eigenvalue weighted by atomic mass is 32.2. The molecule has 20 heavy (non-hydrogen) atoms. The van der Waals surface area contributed by atoms with Crippen molar-refractivity contribution in [1.29, 1.82) is 0 Å². The lowest BCUT2D eigenvalue weighted by Crippen LogP contribution is -2.19. The van der Waals surface area contributed by atoms with Crippen molar-refractivity contribution >= 4 is 40.9 Å². The van der Waals surface area contributed by atoms with E-state index in [0.29, 0.717) is 0 Å². The van der Waals surface area contributed by atoms with Gasteiger partial charge in [-0.1, -0.05) is 12.1 Å². The summed E-state index contributed by atoms with van der Waals surface area (Å²) in [6.45, 7) is 0. The average Bonchev–Trinajstić information content (AvgIpc) is 2.47. The fraction of sp³-hybridized carbons (Fsp3) is 0.133. The second kappa shape index (κ2) is 7.26. The molecular weight excluding hydrogens is 288 g/mol. The molecule has 5 heteroatoms. The normalized spacial score (nSPS) is 10.1. The molecule has 0 radical (unpaired) electrons. The summed E-state index contributed by atoms with van der Waals surface area (Å²) in [6, 6.07) is 15.3. The number of benzene rings is 2. The average molecular weight is 304 g/mol. The molecule has 2 rings (SSSR count). The van der Waals surface area contributed by atoms with Crippen molar-refractivity contribution in [3.63, 3.8) is 0 Å². The van der Waals surface area contributed by atoms with Gasteiger partial charge in [-0.3, -0.25) is 0 Å². The second-order valence-corrected chi connectivity index (χ2v) is 5.80. The number of carbonyl (C=O) groups is 1. The SMILES string of the molecule is CSc1cccc(NC(=O)Nc2cccc(SC)c2)c1. The van der Waals surface area contributed by atoms with Crippen LogP contribution in [0.3, 0.4) is 0 Å². The maximum atomic E-state index is 11.9. The molecule has 2 amide bonds. The van der Waals surface area contributed by atoms with E-state index in [0.717, 1.165) is 21.2 Å². The molecule has 0 unspecified atom stereocenters. The number of urea groups is 1. The van der Waals surface area contributed by atoms with E-state index >= 15 is 0 Å². The molecule has 0 aliphatic heterocycles. The van der Waals surface area contributed by atoms with Crippen LogP contribution >= 0.6 is 23.5 Å². The quantitative estimate of drug-likeness (QED) is 0.799. The van der Waals surface area contributed by atoms with Gasteiger partial charge in [0.1, 0.15) is 0 Å². The molecular formula is C15H16N2OS2. The number of anilines is 2. The summed E-state index contributed by atoms with van der Waals surface area (Å²) in [5, 5.41) is 5.66. The third-order valence-electron chi connectivity index (χ3n) is 2.66. The zero-order valence-electron chi connectivity index (χ0n) is 11.3. The highest BCUT2D eigenvalue weighted by molar-refractivity contribution is 7.98. The first kappa shape index (κ1) is 14.8. The Hall–Kier alpha value is -1.59. The Kier molecular flexibility index (Phi) is 5.38. The van der Waals surface area contributed by atoms with E-state index in [1.807, 2.05) is 61.0 Å². The fourth-order valence-electron chi connectivity index (χ4n) is 1.70. The van der Waals surface area contributed by atoms with E-state index in [4.69, 9.17) is 0 Å². The van der Waals surface area contributed by atoms with E-state index in [1.165, 1.54) is 0 Å². The Balaban J connectivity index is 2.01. The summed E-state index contributed by atoms with van der Waals surface area (Å²) in [6.07, 6.45) is 4.01. The Morgan fingerprint density at radius 1 is 0.850 bits per heavy atom. The molecule has 2 aromatic rings. The molecule has 3 nitrogen and oxygen atoms in total. The van der Waals surface area contributed by atoms with E-state index in [9.17, 15) is 4.79 Å². The number of hydrogen-bond donors (Lipinski definition) is 2. The van der Waals surface area contributed by atoms with Crippen molar-refractivity contribution in [3.05, 3.63) is 48.5 Å². The lowest BCUT2D eigenvalue weighted by Gasteiger charge is -2.09. The molecule has 0 heterocycles. The van der Waals surface area contributed by atoms with Gasteiger partial charge in [0, 0.05) is 21.2 Å². The summed E-state index contributed by atoms with van der Waals surface area (Å²) < 4.78 is 0. The van der Waals surface area contributed by atoms with Gasteiger partial charge < -0.3 is 10.6 Å². The number of nitrogens with one attached hydrogen (secondary N) is 2. The molecule has 2 aromatic carbocycles. The Labute approximate surface area is 127 Å². The van der Waals surface area contributed by atoms with E-state index in [-0.39, 0.29) is 6.03 Å². The first-order valence-corrected chi connectivity index (χ1v) is 8.52. The van der Waals surface area contributed by atoms with Gasteiger partial charge in [-0.05, 0) is 48.9 Å². The predicted molar refractivity (Wildman–Crippen MR) is 89.1 cm³/mol. The number of rotatable bonds is 4. The van der Waals surface area contributed by atoms with Crippen molar-refractivity contribution in [3.8, 4) is 0 Å². The highest BCUT2D eigenvalue weighted by Crippen LogP contribution is 2.21. The van der Waals surface area contributed by atoms with Crippen LogP contribution in [0.4, 0.5) is 16.2 Å².